The van der Waals surface area contributed by atoms with Crippen LogP contribution in [0.1, 0.15) is 60.2 Å². The van der Waals surface area contributed by atoms with Crippen molar-refractivity contribution in [2.45, 2.75) is 39.5 Å². The summed E-state index contributed by atoms with van der Waals surface area (Å²) in [5.41, 5.74) is 1.83. The summed E-state index contributed by atoms with van der Waals surface area (Å²) in [5.74, 6) is -1.20. The van der Waals surface area contributed by atoms with Crippen molar-refractivity contribution in [3.05, 3.63) is 59.7 Å². The predicted molar refractivity (Wildman–Crippen MR) is 132 cm³/mol. The zero-order valence-corrected chi connectivity index (χ0v) is 19.6. The summed E-state index contributed by atoms with van der Waals surface area (Å²) in [7, 11) is 0. The van der Waals surface area contributed by atoms with Gasteiger partial charge >= 0.3 is 0 Å². The third-order valence-electron chi connectivity index (χ3n) is 6.00. The average Bonchev–Trinajstić information content (AvgIpc) is 2.85. The molecule has 0 spiro atoms. The first-order valence-corrected chi connectivity index (χ1v) is 11.8. The molecule has 4 amide bonds. The van der Waals surface area contributed by atoms with Crippen LogP contribution in [0.25, 0.3) is 0 Å². The van der Waals surface area contributed by atoms with Gasteiger partial charge in [0.25, 0.3) is 11.8 Å². The number of benzene rings is 2. The van der Waals surface area contributed by atoms with Crippen molar-refractivity contribution in [1.29, 1.82) is 0 Å². The molecule has 1 saturated carbocycles. The molecular formula is C26H32N4O4. The van der Waals surface area contributed by atoms with E-state index < -0.39 is 0 Å². The molecule has 0 aromatic heterocycles. The Hall–Kier alpha value is -3.68. The van der Waals surface area contributed by atoms with Gasteiger partial charge in [0, 0.05) is 24.9 Å². The quantitative estimate of drug-likeness (QED) is 0.478. The lowest BCUT2D eigenvalue weighted by Crippen LogP contribution is -2.33. The largest absolute Gasteiger partial charge is 0.352 e. The van der Waals surface area contributed by atoms with Gasteiger partial charge in [-0.1, -0.05) is 24.3 Å². The molecule has 34 heavy (non-hydrogen) atoms. The minimum absolute atomic E-state index is 0.141. The second-order valence-electron chi connectivity index (χ2n) is 8.34. The average molecular weight is 465 g/mol. The van der Waals surface area contributed by atoms with E-state index in [2.05, 4.69) is 21.3 Å². The maximum Gasteiger partial charge on any atom is 0.253 e. The first-order chi connectivity index (χ1) is 16.4. The maximum atomic E-state index is 12.9. The first kappa shape index (κ1) is 25.0. The van der Waals surface area contributed by atoms with E-state index in [1.807, 2.05) is 13.8 Å². The molecular weight excluding hydrogens is 432 g/mol. The number of amides is 4. The van der Waals surface area contributed by atoms with E-state index in [4.69, 9.17) is 0 Å². The van der Waals surface area contributed by atoms with Crippen molar-refractivity contribution in [2.75, 3.05) is 23.7 Å². The highest BCUT2D eigenvalue weighted by atomic mass is 16.2. The molecule has 0 aliphatic heterocycles. The van der Waals surface area contributed by atoms with Crippen molar-refractivity contribution in [1.82, 2.24) is 10.6 Å². The highest BCUT2D eigenvalue weighted by molar-refractivity contribution is 6.05. The maximum absolute atomic E-state index is 12.9. The van der Waals surface area contributed by atoms with Crippen LogP contribution in [0.4, 0.5) is 11.4 Å². The summed E-state index contributed by atoms with van der Waals surface area (Å²) in [4.78, 5) is 50.2. The number of anilines is 2. The minimum Gasteiger partial charge on any atom is -0.352 e. The number of hydrogen-bond donors (Lipinski definition) is 4. The lowest BCUT2D eigenvalue weighted by molar-refractivity contribution is -0.125. The molecule has 0 bridgehead atoms. The summed E-state index contributed by atoms with van der Waals surface area (Å²) < 4.78 is 0. The van der Waals surface area contributed by atoms with Crippen LogP contribution < -0.4 is 21.3 Å². The third-order valence-corrected chi connectivity index (χ3v) is 6.00. The fourth-order valence-electron chi connectivity index (χ4n) is 4.18. The molecule has 0 atom stereocenters. The number of carbonyl (C=O) groups is 4. The van der Waals surface area contributed by atoms with E-state index in [0.717, 1.165) is 0 Å². The molecule has 8 nitrogen and oxygen atoms in total. The Morgan fingerprint density at radius 1 is 0.647 bits per heavy atom. The molecule has 4 N–H and O–H groups in total. The van der Waals surface area contributed by atoms with Crippen molar-refractivity contribution < 1.29 is 19.2 Å². The van der Waals surface area contributed by atoms with Gasteiger partial charge in [0.2, 0.25) is 11.8 Å². The fraction of sp³-hybridized carbons (Fsp3) is 0.385. The van der Waals surface area contributed by atoms with Crippen LogP contribution in [0.15, 0.2) is 48.5 Å². The molecule has 0 unspecified atom stereocenters. The zero-order chi connectivity index (χ0) is 24.5. The Kier molecular flexibility index (Phi) is 8.79. The lowest BCUT2D eigenvalue weighted by atomic mass is 9.81. The van der Waals surface area contributed by atoms with Crippen LogP contribution >= 0.6 is 0 Å². The van der Waals surface area contributed by atoms with Crippen molar-refractivity contribution in [3.63, 3.8) is 0 Å². The predicted octanol–water partition coefficient (Wildman–Crippen LogP) is 3.57. The molecule has 0 radical (unpaired) electrons. The third kappa shape index (κ3) is 6.21. The molecule has 2 aromatic carbocycles. The summed E-state index contributed by atoms with van der Waals surface area (Å²) >= 11 is 0. The second-order valence-corrected chi connectivity index (χ2v) is 8.34. The highest BCUT2D eigenvalue weighted by Crippen LogP contribution is 2.31. The van der Waals surface area contributed by atoms with Gasteiger partial charge in [-0.05, 0) is 63.8 Å². The summed E-state index contributed by atoms with van der Waals surface area (Å²) in [6.07, 6.45) is 2.30. The van der Waals surface area contributed by atoms with Crippen molar-refractivity contribution in [3.8, 4) is 0 Å². The number of rotatable bonds is 8. The van der Waals surface area contributed by atoms with E-state index in [0.29, 0.717) is 61.3 Å². The van der Waals surface area contributed by atoms with Gasteiger partial charge in [0.15, 0.2) is 0 Å². The van der Waals surface area contributed by atoms with Crippen LogP contribution in [0, 0.1) is 11.8 Å². The summed E-state index contributed by atoms with van der Waals surface area (Å²) in [6, 6.07) is 13.9. The standard InChI is InChI=1S/C26H32N4O4/c1-3-27-25(33)19-9-5-7-11-21(19)29-23(31)17-13-15-18(16-14-17)24(32)30-22-12-8-6-10-20(22)26(34)28-4-2/h5-12,17-18H,3-4,13-16H2,1-2H3,(H,27,33)(H,28,34)(H,29,31)(H,30,32). The fourth-order valence-corrected chi connectivity index (χ4v) is 4.18. The summed E-state index contributed by atoms with van der Waals surface area (Å²) in [6.45, 7) is 4.68. The number of hydrogen-bond acceptors (Lipinski definition) is 4. The molecule has 0 saturated heterocycles. The van der Waals surface area contributed by atoms with E-state index >= 15 is 0 Å². The van der Waals surface area contributed by atoms with Gasteiger partial charge in [-0.15, -0.1) is 0 Å². The Labute approximate surface area is 199 Å². The number of carbonyl (C=O) groups excluding carboxylic acids is 4. The Balaban J connectivity index is 1.57. The van der Waals surface area contributed by atoms with Gasteiger partial charge < -0.3 is 21.3 Å². The van der Waals surface area contributed by atoms with Gasteiger partial charge in [0.1, 0.15) is 0 Å². The van der Waals surface area contributed by atoms with Gasteiger partial charge in [-0.2, -0.15) is 0 Å². The second kappa shape index (κ2) is 12.0. The van der Waals surface area contributed by atoms with Crippen LogP contribution in [0.2, 0.25) is 0 Å². The van der Waals surface area contributed by atoms with E-state index in [9.17, 15) is 19.2 Å². The minimum atomic E-state index is -0.230. The topological polar surface area (TPSA) is 116 Å². The van der Waals surface area contributed by atoms with Crippen LogP contribution in [0.5, 0.6) is 0 Å². The van der Waals surface area contributed by atoms with Crippen LogP contribution in [-0.2, 0) is 9.59 Å². The zero-order valence-electron chi connectivity index (χ0n) is 19.6. The number of nitrogens with one attached hydrogen (secondary N) is 4. The van der Waals surface area contributed by atoms with Gasteiger partial charge in [0.05, 0.1) is 22.5 Å². The van der Waals surface area contributed by atoms with Crippen molar-refractivity contribution in [2.24, 2.45) is 11.8 Å². The Bertz CT molecular complexity index is 961. The van der Waals surface area contributed by atoms with Gasteiger partial charge in [-0.25, -0.2) is 0 Å². The Morgan fingerprint density at radius 2 is 1.00 bits per heavy atom. The monoisotopic (exact) mass is 464 g/mol. The molecule has 3 rings (SSSR count). The lowest BCUT2D eigenvalue weighted by Gasteiger charge is -2.27. The Morgan fingerprint density at radius 3 is 1.35 bits per heavy atom. The van der Waals surface area contributed by atoms with Crippen molar-refractivity contribution >= 4 is 35.0 Å². The molecule has 8 heteroatoms. The molecule has 1 aliphatic rings. The number of para-hydroxylation sites is 2. The highest BCUT2D eigenvalue weighted by Gasteiger charge is 2.31. The molecule has 180 valence electrons. The molecule has 2 aromatic rings. The normalized spacial score (nSPS) is 17.4. The SMILES string of the molecule is CCNC(=O)c1ccccc1NC(=O)C1CCC(C(=O)Nc2ccccc2C(=O)NCC)CC1. The van der Waals surface area contributed by atoms with Crippen LogP contribution in [0.3, 0.4) is 0 Å². The van der Waals surface area contributed by atoms with Gasteiger partial charge in [-0.3, -0.25) is 19.2 Å². The van der Waals surface area contributed by atoms with E-state index in [1.54, 1.807) is 48.5 Å². The molecule has 0 heterocycles. The van der Waals surface area contributed by atoms with E-state index in [-0.39, 0.29) is 35.5 Å². The molecule has 1 aliphatic carbocycles. The smallest absolute Gasteiger partial charge is 0.253 e. The van der Waals surface area contributed by atoms with Crippen LogP contribution in [-0.4, -0.2) is 36.7 Å². The first-order valence-electron chi connectivity index (χ1n) is 11.8. The van der Waals surface area contributed by atoms with E-state index in [1.165, 1.54) is 0 Å². The summed E-state index contributed by atoms with van der Waals surface area (Å²) in [5, 5.41) is 11.3. The molecule has 1 fully saturated rings.